The lowest BCUT2D eigenvalue weighted by Gasteiger charge is -2.27. The molecule has 0 saturated carbocycles. The van der Waals surface area contributed by atoms with E-state index < -0.39 is 0 Å². The topological polar surface area (TPSA) is 3.24 Å². The van der Waals surface area contributed by atoms with E-state index in [0.717, 1.165) is 0 Å². The summed E-state index contributed by atoms with van der Waals surface area (Å²) in [5.41, 5.74) is 0.333. The van der Waals surface area contributed by atoms with Gasteiger partial charge in [0.05, 0.1) is 0 Å². The number of nitrogens with zero attached hydrogens (tertiary/aromatic N) is 1. The first kappa shape index (κ1) is 11.3. The Morgan fingerprint density at radius 2 is 1.12 bits per heavy atom. The van der Waals surface area contributed by atoms with Gasteiger partial charge in [-0.15, -0.1) is 17.0 Å². The van der Waals surface area contributed by atoms with Crippen LogP contribution in [-0.4, -0.2) is 24.5 Å². The maximum absolute atomic E-state index is 2.19. The summed E-state index contributed by atoms with van der Waals surface area (Å²) in [5.74, 6) is 0. The van der Waals surface area contributed by atoms with Gasteiger partial charge in [0.15, 0.2) is 0 Å². The largest absolute Gasteiger partial charge is 0.305 e. The molecular weight excluding hydrogens is 166 g/mol. The number of hydrogen-bond acceptors (Lipinski definition) is 1. The number of halogens is 1. The Morgan fingerprint density at radius 1 is 1.00 bits per heavy atom. The van der Waals surface area contributed by atoms with Gasteiger partial charge in [0, 0.05) is 5.54 Å². The molecule has 0 bridgehead atoms. The summed E-state index contributed by atoms with van der Waals surface area (Å²) in [7, 11) is 4.17. The minimum Gasteiger partial charge on any atom is -0.305 e. The van der Waals surface area contributed by atoms with Crippen LogP contribution < -0.4 is 0 Å². The van der Waals surface area contributed by atoms with Crippen molar-refractivity contribution < 1.29 is 0 Å². The van der Waals surface area contributed by atoms with Crippen LogP contribution in [0, 0.1) is 0 Å². The van der Waals surface area contributed by atoms with Crippen molar-refractivity contribution >= 4 is 17.0 Å². The fourth-order valence-electron chi connectivity index (χ4n) is 0. The van der Waals surface area contributed by atoms with E-state index in [1.165, 1.54) is 0 Å². The van der Waals surface area contributed by atoms with Crippen LogP contribution in [0.25, 0.3) is 0 Å². The van der Waals surface area contributed by atoms with Crippen molar-refractivity contribution in [1.82, 2.24) is 4.90 Å². The molecule has 0 saturated heterocycles. The summed E-state index contributed by atoms with van der Waals surface area (Å²) in [4.78, 5) is 2.19. The van der Waals surface area contributed by atoms with Gasteiger partial charge in [-0.05, 0) is 34.9 Å². The average Bonchev–Trinajstić information content (AvgIpc) is 1.31. The summed E-state index contributed by atoms with van der Waals surface area (Å²) in [6, 6.07) is 0. The van der Waals surface area contributed by atoms with E-state index >= 15 is 0 Å². The Labute approximate surface area is 62.8 Å². The van der Waals surface area contributed by atoms with E-state index in [1.54, 1.807) is 0 Å². The maximum Gasteiger partial charge on any atom is 0.0118 e. The summed E-state index contributed by atoms with van der Waals surface area (Å²) >= 11 is 0. The molecule has 8 heavy (non-hydrogen) atoms. The van der Waals surface area contributed by atoms with Crippen LogP contribution in [0.4, 0.5) is 0 Å². The second-order valence-electron chi connectivity index (χ2n) is 3.07. The molecule has 0 fully saturated rings. The molecule has 0 aliphatic rings. The summed E-state index contributed by atoms with van der Waals surface area (Å²) in [5, 5.41) is 0. The number of hydrogen-bond donors (Lipinski definition) is 0. The molecule has 52 valence electrons. The zero-order chi connectivity index (χ0) is 6.08. The van der Waals surface area contributed by atoms with E-state index in [4.69, 9.17) is 0 Å². The SMILES string of the molecule is Br.CN(C)C(C)(C)C. The van der Waals surface area contributed by atoms with Crippen LogP contribution in [0.15, 0.2) is 0 Å². The lowest BCUT2D eigenvalue weighted by atomic mass is 10.1. The fourth-order valence-corrected chi connectivity index (χ4v) is 0. The van der Waals surface area contributed by atoms with Gasteiger partial charge in [-0.1, -0.05) is 0 Å². The Balaban J connectivity index is 0. The molecular formula is C6H16BrN. The third kappa shape index (κ3) is 4.60. The molecule has 2 heteroatoms. The first-order valence-electron chi connectivity index (χ1n) is 2.62. The minimum atomic E-state index is 0. The molecule has 1 nitrogen and oxygen atoms in total. The first-order valence-corrected chi connectivity index (χ1v) is 2.62. The normalized spacial score (nSPS) is 11.2. The average molecular weight is 182 g/mol. The zero-order valence-electron chi connectivity index (χ0n) is 6.36. The molecule has 0 heterocycles. The van der Waals surface area contributed by atoms with Crippen LogP contribution in [0.2, 0.25) is 0 Å². The molecule has 0 rings (SSSR count). The van der Waals surface area contributed by atoms with Crippen molar-refractivity contribution in [3.05, 3.63) is 0 Å². The second kappa shape index (κ2) is 3.46. The summed E-state index contributed by atoms with van der Waals surface area (Å²) in [6.07, 6.45) is 0. The molecule has 0 aromatic carbocycles. The Kier molecular flexibility index (Phi) is 4.88. The lowest BCUT2D eigenvalue weighted by molar-refractivity contribution is 0.219. The smallest absolute Gasteiger partial charge is 0.0118 e. The highest BCUT2D eigenvalue weighted by Gasteiger charge is 2.10. The van der Waals surface area contributed by atoms with Crippen molar-refractivity contribution in [3.8, 4) is 0 Å². The third-order valence-corrected chi connectivity index (χ3v) is 1.34. The summed E-state index contributed by atoms with van der Waals surface area (Å²) < 4.78 is 0. The van der Waals surface area contributed by atoms with E-state index in [2.05, 4.69) is 39.8 Å². The second-order valence-corrected chi connectivity index (χ2v) is 3.07. The molecule has 0 unspecified atom stereocenters. The standard InChI is InChI=1S/C6H15N.BrH/c1-6(2,3)7(4)5;/h1-5H3;1H. The Morgan fingerprint density at radius 3 is 1.12 bits per heavy atom. The molecule has 0 amide bonds. The van der Waals surface area contributed by atoms with Gasteiger partial charge in [0.2, 0.25) is 0 Å². The van der Waals surface area contributed by atoms with Crippen LogP contribution >= 0.6 is 17.0 Å². The van der Waals surface area contributed by atoms with Gasteiger partial charge in [-0.2, -0.15) is 0 Å². The van der Waals surface area contributed by atoms with Crippen molar-refractivity contribution in [3.63, 3.8) is 0 Å². The zero-order valence-corrected chi connectivity index (χ0v) is 8.07. The molecule has 0 aliphatic carbocycles. The van der Waals surface area contributed by atoms with Gasteiger partial charge < -0.3 is 4.90 Å². The van der Waals surface area contributed by atoms with Crippen molar-refractivity contribution in [2.24, 2.45) is 0 Å². The van der Waals surface area contributed by atoms with Gasteiger partial charge >= 0.3 is 0 Å². The Hall–Kier alpha value is 0.440. The van der Waals surface area contributed by atoms with Crippen LogP contribution in [-0.2, 0) is 0 Å². The monoisotopic (exact) mass is 181 g/mol. The van der Waals surface area contributed by atoms with Gasteiger partial charge in [0.1, 0.15) is 0 Å². The molecule has 0 N–H and O–H groups in total. The van der Waals surface area contributed by atoms with Crippen molar-refractivity contribution in [2.75, 3.05) is 14.1 Å². The highest BCUT2D eigenvalue weighted by Crippen LogP contribution is 2.05. The first-order chi connectivity index (χ1) is 2.94. The van der Waals surface area contributed by atoms with Crippen molar-refractivity contribution in [2.45, 2.75) is 26.3 Å². The summed E-state index contributed by atoms with van der Waals surface area (Å²) in [6.45, 7) is 6.56. The van der Waals surface area contributed by atoms with Gasteiger partial charge in [0.25, 0.3) is 0 Å². The van der Waals surface area contributed by atoms with E-state index in [-0.39, 0.29) is 17.0 Å². The number of rotatable bonds is 0. The van der Waals surface area contributed by atoms with Crippen LogP contribution in [0.1, 0.15) is 20.8 Å². The van der Waals surface area contributed by atoms with Crippen LogP contribution in [0.5, 0.6) is 0 Å². The van der Waals surface area contributed by atoms with Crippen molar-refractivity contribution in [1.29, 1.82) is 0 Å². The highest BCUT2D eigenvalue weighted by atomic mass is 79.9. The van der Waals surface area contributed by atoms with Gasteiger partial charge in [-0.25, -0.2) is 0 Å². The minimum absolute atomic E-state index is 0. The molecule has 0 atom stereocenters. The molecule has 0 aliphatic heterocycles. The Bertz CT molecular complexity index is 54.0. The quantitative estimate of drug-likeness (QED) is 0.553. The maximum atomic E-state index is 2.19. The van der Waals surface area contributed by atoms with E-state index in [9.17, 15) is 0 Å². The predicted octanol–water partition coefficient (Wildman–Crippen LogP) is 1.92. The van der Waals surface area contributed by atoms with E-state index in [0.29, 0.717) is 5.54 Å². The molecule has 0 radical (unpaired) electrons. The van der Waals surface area contributed by atoms with E-state index in [1.807, 2.05) is 0 Å². The molecule has 0 aromatic rings. The lowest BCUT2D eigenvalue weighted by Crippen LogP contribution is -2.34. The van der Waals surface area contributed by atoms with Gasteiger partial charge in [-0.3, -0.25) is 0 Å². The highest BCUT2D eigenvalue weighted by molar-refractivity contribution is 8.93. The van der Waals surface area contributed by atoms with Crippen LogP contribution in [0.3, 0.4) is 0 Å². The molecule has 0 spiro atoms. The molecule has 0 aromatic heterocycles. The fraction of sp³-hybridized carbons (Fsp3) is 1.00. The third-order valence-electron chi connectivity index (χ3n) is 1.34. The predicted molar refractivity (Wildman–Crippen MR) is 43.8 cm³/mol.